The molecule has 1 unspecified atom stereocenters. The monoisotopic (exact) mass is 524 g/mol. The molecule has 1 saturated carbocycles. The molecule has 3 amide bonds. The lowest BCUT2D eigenvalue weighted by atomic mass is 9.60. The van der Waals surface area contributed by atoms with Crippen LogP contribution in [0.2, 0.25) is 0 Å². The molecule has 4 heterocycles. The zero-order valence-corrected chi connectivity index (χ0v) is 22.1. The zero-order chi connectivity index (χ0) is 26.6. The molecule has 204 valence electrons. The maximum atomic E-state index is 13.1. The van der Waals surface area contributed by atoms with Gasteiger partial charge in [0.05, 0.1) is 18.1 Å². The molecule has 4 fully saturated rings. The molecular formula is C27H36N6O5. The van der Waals surface area contributed by atoms with Gasteiger partial charge in [-0.2, -0.15) is 0 Å². The van der Waals surface area contributed by atoms with Gasteiger partial charge >= 0.3 is 11.8 Å². The van der Waals surface area contributed by atoms with Crippen LogP contribution in [0.1, 0.15) is 44.6 Å². The number of imide groups is 1. The first kappa shape index (κ1) is 25.0. The highest BCUT2D eigenvalue weighted by molar-refractivity contribution is 6.00. The van der Waals surface area contributed by atoms with Crippen LogP contribution in [0.4, 0.5) is 10.5 Å². The van der Waals surface area contributed by atoms with Gasteiger partial charge in [0.25, 0.3) is 0 Å². The average molecular weight is 525 g/mol. The van der Waals surface area contributed by atoms with Crippen molar-refractivity contribution in [2.75, 3.05) is 51.3 Å². The lowest BCUT2D eigenvalue weighted by molar-refractivity contribution is -0.135. The van der Waals surface area contributed by atoms with Crippen LogP contribution < -0.4 is 15.9 Å². The van der Waals surface area contributed by atoms with Gasteiger partial charge in [0.2, 0.25) is 11.8 Å². The van der Waals surface area contributed by atoms with Crippen LogP contribution >= 0.6 is 0 Å². The molecule has 1 spiro atoms. The lowest BCUT2D eigenvalue weighted by Crippen LogP contribution is -2.59. The summed E-state index contributed by atoms with van der Waals surface area (Å²) in [7, 11) is 3.18. The zero-order valence-electron chi connectivity index (χ0n) is 22.1. The van der Waals surface area contributed by atoms with Gasteiger partial charge in [-0.05, 0) is 55.7 Å². The lowest BCUT2D eigenvalue weighted by Gasteiger charge is -2.56. The van der Waals surface area contributed by atoms with Gasteiger partial charge in [0.1, 0.15) is 6.04 Å². The van der Waals surface area contributed by atoms with Crippen LogP contribution in [0.3, 0.4) is 0 Å². The third-order valence-electron chi connectivity index (χ3n) is 9.38. The van der Waals surface area contributed by atoms with Gasteiger partial charge < -0.3 is 14.5 Å². The summed E-state index contributed by atoms with van der Waals surface area (Å²) in [6.07, 6.45) is 4.91. The smallest absolute Gasteiger partial charge is 0.409 e. The number of amides is 3. The number of rotatable bonds is 3. The van der Waals surface area contributed by atoms with E-state index in [9.17, 15) is 19.2 Å². The number of likely N-dealkylation sites (tertiary alicyclic amines) is 1. The number of carbonyl (C=O) groups excluding carboxylic acids is 3. The summed E-state index contributed by atoms with van der Waals surface area (Å²) in [5.41, 5.74) is 2.73. The Morgan fingerprint density at radius 3 is 2.37 bits per heavy atom. The summed E-state index contributed by atoms with van der Waals surface area (Å²) in [5, 5.41) is 2.36. The van der Waals surface area contributed by atoms with E-state index in [2.05, 4.69) is 15.1 Å². The van der Waals surface area contributed by atoms with Crippen LogP contribution in [0.25, 0.3) is 11.0 Å². The number of piperazine rings is 1. The van der Waals surface area contributed by atoms with Crippen molar-refractivity contribution in [1.82, 2.24) is 24.3 Å². The number of hydrogen-bond acceptors (Lipinski definition) is 7. The van der Waals surface area contributed by atoms with Crippen molar-refractivity contribution in [2.24, 2.45) is 12.5 Å². The van der Waals surface area contributed by atoms with E-state index in [1.807, 2.05) is 23.1 Å². The summed E-state index contributed by atoms with van der Waals surface area (Å²) in [6.45, 7) is 5.44. The van der Waals surface area contributed by atoms with E-state index in [1.165, 1.54) is 24.5 Å². The number of ether oxygens (including phenoxy) is 1. The van der Waals surface area contributed by atoms with Gasteiger partial charge in [0.15, 0.2) is 0 Å². The molecular weight excluding hydrogens is 488 g/mol. The number of imidazole rings is 1. The highest BCUT2D eigenvalue weighted by Crippen LogP contribution is 2.51. The molecule has 3 aliphatic heterocycles. The van der Waals surface area contributed by atoms with Crippen LogP contribution in [0, 0.1) is 5.41 Å². The van der Waals surface area contributed by atoms with Crippen molar-refractivity contribution in [1.29, 1.82) is 0 Å². The summed E-state index contributed by atoms with van der Waals surface area (Å²) in [4.78, 5) is 55.7. The maximum Gasteiger partial charge on any atom is 0.409 e. The molecule has 2 aromatic rings. The molecule has 4 aliphatic rings. The second-order valence-electron chi connectivity index (χ2n) is 11.4. The molecule has 1 aromatic heterocycles. The number of hydrogen-bond donors (Lipinski definition) is 1. The SMILES string of the molecule is COC(=O)N1CCC2(CC1)CC(N1CCN(c3ccc4c(c3)n(C)c(=O)n4C3CCC(=O)NC3=O)CC1)C2. The minimum Gasteiger partial charge on any atom is -0.453 e. The number of fused-ring (bicyclic) bond motifs is 1. The Morgan fingerprint density at radius 2 is 1.71 bits per heavy atom. The fourth-order valence-electron chi connectivity index (χ4n) is 7.02. The Morgan fingerprint density at radius 1 is 1.00 bits per heavy atom. The van der Waals surface area contributed by atoms with Crippen molar-refractivity contribution in [3.05, 3.63) is 28.7 Å². The van der Waals surface area contributed by atoms with Gasteiger partial charge in [-0.25, -0.2) is 9.59 Å². The third-order valence-corrected chi connectivity index (χ3v) is 9.38. The van der Waals surface area contributed by atoms with Crippen LogP contribution in [0.5, 0.6) is 0 Å². The number of piperidine rings is 2. The van der Waals surface area contributed by atoms with E-state index in [-0.39, 0.29) is 24.1 Å². The topological polar surface area (TPSA) is 109 Å². The molecule has 0 bridgehead atoms. The number of anilines is 1. The molecule has 11 nitrogen and oxygen atoms in total. The Balaban J connectivity index is 1.09. The molecule has 38 heavy (non-hydrogen) atoms. The number of benzene rings is 1. The van der Waals surface area contributed by atoms with E-state index in [0.29, 0.717) is 23.4 Å². The van der Waals surface area contributed by atoms with E-state index in [4.69, 9.17) is 4.74 Å². The fraction of sp³-hybridized carbons (Fsp3) is 0.630. The predicted octanol–water partition coefficient (Wildman–Crippen LogP) is 1.45. The van der Waals surface area contributed by atoms with Gasteiger partial charge in [-0.1, -0.05) is 0 Å². The molecule has 3 saturated heterocycles. The number of nitrogens with zero attached hydrogens (tertiary/aromatic N) is 5. The highest BCUT2D eigenvalue weighted by Gasteiger charge is 2.48. The summed E-state index contributed by atoms with van der Waals surface area (Å²) < 4.78 is 8.00. The molecule has 6 rings (SSSR count). The summed E-state index contributed by atoms with van der Waals surface area (Å²) >= 11 is 0. The Labute approximate surface area is 221 Å². The first-order valence-electron chi connectivity index (χ1n) is 13.7. The number of carbonyl (C=O) groups is 3. The third kappa shape index (κ3) is 4.16. The number of nitrogens with one attached hydrogen (secondary N) is 1. The summed E-state index contributed by atoms with van der Waals surface area (Å²) in [6, 6.07) is 5.96. The van der Waals surface area contributed by atoms with Crippen molar-refractivity contribution < 1.29 is 19.1 Å². The standard InChI is InChI=1S/C27H36N6O5/c1-29-22-15-18(3-4-20(22)33(25(29)36)21-5-6-23(34)28-24(21)35)30-11-13-31(14-12-30)19-16-27(17-19)7-9-32(10-8-27)26(37)38-2/h3-4,15,19,21H,5-14,16-17H2,1-2H3,(H,28,34,35). The van der Waals surface area contributed by atoms with Crippen LogP contribution in [-0.4, -0.2) is 89.3 Å². The predicted molar refractivity (Wildman–Crippen MR) is 141 cm³/mol. The second-order valence-corrected chi connectivity index (χ2v) is 11.4. The quantitative estimate of drug-likeness (QED) is 0.606. The highest BCUT2D eigenvalue weighted by atomic mass is 16.5. The Bertz CT molecular complexity index is 1320. The molecule has 11 heteroatoms. The van der Waals surface area contributed by atoms with Crippen molar-refractivity contribution in [3.8, 4) is 0 Å². The normalized spacial score (nSPS) is 24.5. The van der Waals surface area contributed by atoms with E-state index < -0.39 is 11.9 Å². The summed E-state index contributed by atoms with van der Waals surface area (Å²) in [5.74, 6) is -0.704. The van der Waals surface area contributed by atoms with E-state index in [1.54, 1.807) is 11.6 Å². The number of methoxy groups -OCH3 is 1. The first-order valence-corrected chi connectivity index (χ1v) is 13.7. The molecule has 1 N–H and O–H groups in total. The Hall–Kier alpha value is -3.34. The van der Waals surface area contributed by atoms with E-state index in [0.717, 1.165) is 63.3 Å². The number of aryl methyl sites for hydroxylation is 1. The fourth-order valence-corrected chi connectivity index (χ4v) is 7.02. The molecule has 0 radical (unpaired) electrons. The van der Waals surface area contributed by atoms with Gasteiger partial charge in [-0.15, -0.1) is 0 Å². The van der Waals surface area contributed by atoms with Crippen LogP contribution in [0.15, 0.2) is 23.0 Å². The van der Waals surface area contributed by atoms with Crippen molar-refractivity contribution in [2.45, 2.75) is 50.6 Å². The minimum absolute atomic E-state index is 0.211. The van der Waals surface area contributed by atoms with E-state index >= 15 is 0 Å². The van der Waals surface area contributed by atoms with Crippen molar-refractivity contribution >= 4 is 34.6 Å². The molecule has 1 aliphatic carbocycles. The van der Waals surface area contributed by atoms with Gasteiger partial charge in [-0.3, -0.25) is 28.9 Å². The largest absolute Gasteiger partial charge is 0.453 e. The molecule has 1 aromatic carbocycles. The van der Waals surface area contributed by atoms with Gasteiger partial charge in [0, 0.05) is 64.5 Å². The number of aromatic nitrogens is 2. The first-order chi connectivity index (χ1) is 18.3. The minimum atomic E-state index is -0.670. The maximum absolute atomic E-state index is 13.1. The molecule has 1 atom stereocenters. The second kappa shape index (κ2) is 9.44. The van der Waals surface area contributed by atoms with Crippen LogP contribution in [-0.2, 0) is 21.4 Å². The average Bonchev–Trinajstić information content (AvgIpc) is 3.16. The van der Waals surface area contributed by atoms with Crippen molar-refractivity contribution in [3.63, 3.8) is 0 Å². The Kier molecular flexibility index (Phi) is 6.20.